The van der Waals surface area contributed by atoms with Gasteiger partial charge >= 0.3 is 6.09 Å². The number of alkyl carbamates (subject to hydrolysis) is 1. The second-order valence-electron chi connectivity index (χ2n) is 3.45. The summed E-state index contributed by atoms with van der Waals surface area (Å²) in [5.74, 6) is -0.496. The molecule has 0 aromatic heterocycles. The van der Waals surface area contributed by atoms with Gasteiger partial charge in [-0.25, -0.2) is 4.79 Å². The zero-order valence-electron chi connectivity index (χ0n) is 10.0. The third-order valence-corrected chi connectivity index (χ3v) is 2.03. The summed E-state index contributed by atoms with van der Waals surface area (Å²) < 4.78 is 4.90. The molecule has 0 aliphatic heterocycles. The number of nitrogens with two attached hydrogens (primary N) is 1. The molecule has 0 unspecified atom stereocenters. The minimum Gasteiger partial charge on any atom is -0.445 e. The highest BCUT2D eigenvalue weighted by atomic mass is 32.1. The van der Waals surface area contributed by atoms with Crippen molar-refractivity contribution in [1.29, 1.82) is 0 Å². The van der Waals surface area contributed by atoms with Crippen LogP contribution in [0, 0.1) is 0 Å². The summed E-state index contributed by atoms with van der Waals surface area (Å²) in [7, 11) is 0. The lowest BCUT2D eigenvalue weighted by Gasteiger charge is -2.08. The molecule has 0 atom stereocenters. The summed E-state index contributed by atoms with van der Waals surface area (Å²) in [6, 6.07) is 9.19. The Bertz CT molecular complexity index is 453. The van der Waals surface area contributed by atoms with E-state index in [0.29, 0.717) is 0 Å². The molecule has 0 saturated heterocycles. The van der Waals surface area contributed by atoms with Gasteiger partial charge in [-0.2, -0.15) is 0 Å². The Morgan fingerprint density at radius 2 is 1.89 bits per heavy atom. The molecule has 0 aliphatic carbocycles. The van der Waals surface area contributed by atoms with Crippen molar-refractivity contribution in [3.05, 3.63) is 35.9 Å². The topological polar surface area (TPSA) is 105 Å². The van der Waals surface area contributed by atoms with E-state index in [-0.39, 0.29) is 18.3 Å². The quantitative estimate of drug-likeness (QED) is 0.449. The monoisotopic (exact) mass is 282 g/mol. The number of carbonyl (C=O) groups excluding carboxylic acids is 2. The molecule has 5 N–H and O–H groups in total. The van der Waals surface area contributed by atoms with E-state index in [1.54, 1.807) is 0 Å². The van der Waals surface area contributed by atoms with Gasteiger partial charge in [0, 0.05) is 0 Å². The molecule has 0 fully saturated rings. The molecule has 19 heavy (non-hydrogen) atoms. The SMILES string of the molecule is NC(=S)NNC(=O)CNC(=O)OCc1ccccc1. The van der Waals surface area contributed by atoms with Gasteiger partial charge in [-0.1, -0.05) is 30.3 Å². The fourth-order valence-electron chi connectivity index (χ4n) is 1.10. The van der Waals surface area contributed by atoms with E-state index < -0.39 is 12.0 Å². The predicted molar refractivity (Wildman–Crippen MR) is 72.7 cm³/mol. The Kier molecular flexibility index (Phi) is 6.10. The zero-order valence-corrected chi connectivity index (χ0v) is 10.8. The number of carbonyl (C=O) groups is 2. The number of hydrazine groups is 1. The zero-order chi connectivity index (χ0) is 14.1. The Labute approximate surface area is 115 Å². The van der Waals surface area contributed by atoms with Crippen LogP contribution in [0.1, 0.15) is 5.56 Å². The average molecular weight is 282 g/mol. The number of benzene rings is 1. The molecular weight excluding hydrogens is 268 g/mol. The van der Waals surface area contributed by atoms with Gasteiger partial charge in [0.1, 0.15) is 13.2 Å². The van der Waals surface area contributed by atoms with Crippen molar-refractivity contribution < 1.29 is 14.3 Å². The third kappa shape index (κ3) is 6.84. The fourth-order valence-corrected chi connectivity index (χ4v) is 1.15. The van der Waals surface area contributed by atoms with Gasteiger partial charge in [0.2, 0.25) is 0 Å². The van der Waals surface area contributed by atoms with Crippen LogP contribution in [-0.4, -0.2) is 23.7 Å². The second-order valence-corrected chi connectivity index (χ2v) is 3.89. The maximum Gasteiger partial charge on any atom is 0.407 e. The molecule has 1 rings (SSSR count). The first kappa shape index (κ1) is 14.7. The van der Waals surface area contributed by atoms with Gasteiger partial charge < -0.3 is 15.8 Å². The molecule has 0 saturated carbocycles. The maximum atomic E-state index is 11.3. The summed E-state index contributed by atoms with van der Waals surface area (Å²) in [6.07, 6.45) is -0.686. The van der Waals surface area contributed by atoms with Crippen LogP contribution in [0.5, 0.6) is 0 Å². The molecule has 2 amide bonds. The standard InChI is InChI=1S/C11H14N4O3S/c12-10(19)15-14-9(16)6-13-11(17)18-7-8-4-2-1-3-5-8/h1-5H,6-7H2,(H,13,17)(H,14,16)(H3,12,15,19). The Balaban J connectivity index is 2.17. The average Bonchev–Trinajstić information content (AvgIpc) is 2.41. The van der Waals surface area contributed by atoms with Crippen molar-refractivity contribution >= 4 is 29.3 Å². The third-order valence-electron chi connectivity index (χ3n) is 1.93. The molecule has 0 heterocycles. The summed E-state index contributed by atoms with van der Waals surface area (Å²) >= 11 is 4.49. The van der Waals surface area contributed by atoms with Crippen molar-refractivity contribution in [1.82, 2.24) is 16.2 Å². The molecule has 0 bridgehead atoms. The minimum atomic E-state index is -0.686. The Hall–Kier alpha value is -2.35. The largest absolute Gasteiger partial charge is 0.445 e. The summed E-state index contributed by atoms with van der Waals surface area (Å²) in [6.45, 7) is -0.108. The maximum absolute atomic E-state index is 11.3. The number of ether oxygens (including phenoxy) is 1. The van der Waals surface area contributed by atoms with E-state index in [1.807, 2.05) is 30.3 Å². The normalized spacial score (nSPS) is 9.26. The molecule has 1 aromatic carbocycles. The summed E-state index contributed by atoms with van der Waals surface area (Å²) in [5, 5.41) is 2.21. The van der Waals surface area contributed by atoms with Gasteiger partial charge in [-0.05, 0) is 17.8 Å². The van der Waals surface area contributed by atoms with E-state index in [9.17, 15) is 9.59 Å². The summed E-state index contributed by atoms with van der Waals surface area (Å²) in [5.41, 5.74) is 10.4. The summed E-state index contributed by atoms with van der Waals surface area (Å²) in [4.78, 5) is 22.4. The van der Waals surface area contributed by atoms with Crippen LogP contribution in [0.2, 0.25) is 0 Å². The van der Waals surface area contributed by atoms with Crippen molar-refractivity contribution in [2.24, 2.45) is 5.73 Å². The van der Waals surface area contributed by atoms with E-state index in [1.165, 1.54) is 0 Å². The van der Waals surface area contributed by atoms with E-state index >= 15 is 0 Å². The number of thiocarbonyl (C=S) groups is 1. The van der Waals surface area contributed by atoms with Gasteiger partial charge in [0.05, 0.1) is 0 Å². The number of nitrogens with one attached hydrogen (secondary N) is 3. The highest BCUT2D eigenvalue weighted by Crippen LogP contribution is 2.00. The molecular formula is C11H14N4O3S. The fraction of sp³-hybridized carbons (Fsp3) is 0.182. The highest BCUT2D eigenvalue weighted by Gasteiger charge is 2.06. The van der Waals surface area contributed by atoms with Crippen LogP contribution in [0.4, 0.5) is 4.79 Å². The van der Waals surface area contributed by atoms with Crippen LogP contribution in [0.15, 0.2) is 30.3 Å². The van der Waals surface area contributed by atoms with Gasteiger partial charge in [-0.3, -0.25) is 15.6 Å². The lowest BCUT2D eigenvalue weighted by Crippen LogP contribution is -2.48. The van der Waals surface area contributed by atoms with Gasteiger partial charge in [0.15, 0.2) is 5.11 Å². The predicted octanol–water partition coefficient (Wildman–Crippen LogP) is -0.223. The molecule has 8 heteroatoms. The lowest BCUT2D eigenvalue weighted by molar-refractivity contribution is -0.120. The smallest absolute Gasteiger partial charge is 0.407 e. The number of hydrogen-bond acceptors (Lipinski definition) is 4. The molecule has 0 radical (unpaired) electrons. The molecule has 102 valence electrons. The number of rotatable bonds is 4. The van der Waals surface area contributed by atoms with Gasteiger partial charge in [0.25, 0.3) is 5.91 Å². The van der Waals surface area contributed by atoms with Crippen LogP contribution >= 0.6 is 12.2 Å². The van der Waals surface area contributed by atoms with Crippen molar-refractivity contribution in [2.45, 2.75) is 6.61 Å². The first-order chi connectivity index (χ1) is 9.08. The molecule has 0 aliphatic rings. The van der Waals surface area contributed by atoms with Crippen LogP contribution in [-0.2, 0) is 16.1 Å². The van der Waals surface area contributed by atoms with E-state index in [2.05, 4.69) is 28.4 Å². The Morgan fingerprint density at radius 3 is 2.53 bits per heavy atom. The van der Waals surface area contributed by atoms with Crippen LogP contribution in [0.3, 0.4) is 0 Å². The first-order valence-electron chi connectivity index (χ1n) is 5.37. The highest BCUT2D eigenvalue weighted by molar-refractivity contribution is 7.80. The first-order valence-corrected chi connectivity index (χ1v) is 5.77. The second kappa shape index (κ2) is 7.88. The van der Waals surface area contributed by atoms with Gasteiger partial charge in [-0.15, -0.1) is 0 Å². The van der Waals surface area contributed by atoms with Crippen molar-refractivity contribution in [3.8, 4) is 0 Å². The van der Waals surface area contributed by atoms with Crippen LogP contribution < -0.4 is 21.9 Å². The van der Waals surface area contributed by atoms with Crippen molar-refractivity contribution in [3.63, 3.8) is 0 Å². The Morgan fingerprint density at radius 1 is 1.21 bits per heavy atom. The molecule has 7 nitrogen and oxygen atoms in total. The number of amides is 2. The number of hydrogen-bond donors (Lipinski definition) is 4. The molecule has 1 aromatic rings. The van der Waals surface area contributed by atoms with Crippen molar-refractivity contribution in [2.75, 3.05) is 6.54 Å². The van der Waals surface area contributed by atoms with Crippen LogP contribution in [0.25, 0.3) is 0 Å². The lowest BCUT2D eigenvalue weighted by atomic mass is 10.2. The molecule has 0 spiro atoms. The van der Waals surface area contributed by atoms with E-state index in [0.717, 1.165) is 5.56 Å². The van der Waals surface area contributed by atoms with E-state index in [4.69, 9.17) is 10.5 Å². The minimum absolute atomic E-state index is 0.0694.